The normalized spacial score (nSPS) is 12.6. The standard InChI is InChI=1S/C14H19N3S/c1-3-6-16-13(10-14-17-8-9-18-14)12-5-4-7-15-11(12)2/h4-5,7-9,13,16H,3,6,10H2,1-2H3. The maximum absolute atomic E-state index is 4.38. The Hall–Kier alpha value is -1.26. The molecule has 1 N–H and O–H groups in total. The van der Waals surface area contributed by atoms with Crippen LogP contribution in [-0.4, -0.2) is 16.5 Å². The third kappa shape index (κ3) is 3.37. The second kappa shape index (κ2) is 6.61. The van der Waals surface area contributed by atoms with Crippen LogP contribution in [0.3, 0.4) is 0 Å². The second-order valence-corrected chi connectivity index (χ2v) is 5.29. The minimum atomic E-state index is 0.310. The monoisotopic (exact) mass is 261 g/mol. The Kier molecular flexibility index (Phi) is 4.84. The Balaban J connectivity index is 2.16. The van der Waals surface area contributed by atoms with Crippen molar-refractivity contribution < 1.29 is 0 Å². The van der Waals surface area contributed by atoms with Gasteiger partial charge < -0.3 is 5.32 Å². The van der Waals surface area contributed by atoms with Crippen LogP contribution in [0.1, 0.15) is 35.7 Å². The Morgan fingerprint density at radius 3 is 2.89 bits per heavy atom. The number of aromatic nitrogens is 2. The van der Waals surface area contributed by atoms with Crippen molar-refractivity contribution in [2.45, 2.75) is 32.7 Å². The highest BCUT2D eigenvalue weighted by molar-refractivity contribution is 7.09. The summed E-state index contributed by atoms with van der Waals surface area (Å²) in [6, 6.07) is 4.47. The summed E-state index contributed by atoms with van der Waals surface area (Å²) in [4.78, 5) is 8.76. The lowest BCUT2D eigenvalue weighted by atomic mass is 10.0. The third-order valence-electron chi connectivity index (χ3n) is 2.93. The van der Waals surface area contributed by atoms with Crippen LogP contribution in [0.4, 0.5) is 0 Å². The van der Waals surface area contributed by atoms with E-state index in [4.69, 9.17) is 0 Å². The first-order valence-corrected chi connectivity index (χ1v) is 7.22. The predicted molar refractivity (Wildman–Crippen MR) is 75.8 cm³/mol. The number of nitrogens with zero attached hydrogens (tertiary/aromatic N) is 2. The number of aryl methyl sites for hydroxylation is 1. The summed E-state index contributed by atoms with van der Waals surface area (Å²) < 4.78 is 0. The van der Waals surface area contributed by atoms with Gasteiger partial charge in [-0.05, 0) is 31.5 Å². The fourth-order valence-corrected chi connectivity index (χ4v) is 2.67. The Morgan fingerprint density at radius 1 is 1.33 bits per heavy atom. The summed E-state index contributed by atoms with van der Waals surface area (Å²) in [7, 11) is 0. The van der Waals surface area contributed by atoms with E-state index >= 15 is 0 Å². The lowest BCUT2D eigenvalue weighted by molar-refractivity contribution is 0.524. The van der Waals surface area contributed by atoms with E-state index < -0.39 is 0 Å². The van der Waals surface area contributed by atoms with Crippen LogP contribution < -0.4 is 5.32 Å². The van der Waals surface area contributed by atoms with E-state index in [0.29, 0.717) is 6.04 Å². The molecule has 0 saturated heterocycles. The highest BCUT2D eigenvalue weighted by atomic mass is 32.1. The van der Waals surface area contributed by atoms with E-state index in [-0.39, 0.29) is 0 Å². The first kappa shape index (κ1) is 13.2. The number of nitrogens with one attached hydrogen (secondary N) is 1. The summed E-state index contributed by atoms with van der Waals surface area (Å²) in [6.07, 6.45) is 5.78. The van der Waals surface area contributed by atoms with Crippen LogP contribution in [-0.2, 0) is 6.42 Å². The molecule has 0 aliphatic heterocycles. The molecule has 0 aliphatic carbocycles. The van der Waals surface area contributed by atoms with E-state index in [1.165, 1.54) is 10.6 Å². The molecule has 0 bridgehead atoms. The molecular weight excluding hydrogens is 242 g/mol. The van der Waals surface area contributed by atoms with Crippen molar-refractivity contribution in [2.75, 3.05) is 6.54 Å². The lowest BCUT2D eigenvalue weighted by Gasteiger charge is -2.19. The molecule has 0 aromatic carbocycles. The van der Waals surface area contributed by atoms with Crippen LogP contribution >= 0.6 is 11.3 Å². The summed E-state index contributed by atoms with van der Waals surface area (Å²) in [5, 5.41) is 6.79. The van der Waals surface area contributed by atoms with Crippen LogP contribution in [0.2, 0.25) is 0 Å². The van der Waals surface area contributed by atoms with E-state index in [0.717, 1.165) is 25.1 Å². The van der Waals surface area contributed by atoms with Crippen LogP contribution in [0, 0.1) is 6.92 Å². The molecule has 0 amide bonds. The van der Waals surface area contributed by atoms with E-state index in [1.807, 2.05) is 23.8 Å². The summed E-state index contributed by atoms with van der Waals surface area (Å²) in [6.45, 7) is 5.27. The van der Waals surface area contributed by atoms with Gasteiger partial charge in [-0.2, -0.15) is 0 Å². The molecule has 2 aromatic rings. The first-order chi connectivity index (χ1) is 8.81. The van der Waals surface area contributed by atoms with Gasteiger partial charge in [0, 0.05) is 35.9 Å². The molecule has 18 heavy (non-hydrogen) atoms. The topological polar surface area (TPSA) is 37.8 Å². The molecule has 0 radical (unpaired) electrons. The molecular formula is C14H19N3S. The summed E-state index contributed by atoms with van der Waals surface area (Å²) in [5.74, 6) is 0. The van der Waals surface area contributed by atoms with Gasteiger partial charge in [0.1, 0.15) is 0 Å². The predicted octanol–water partition coefficient (Wildman–Crippen LogP) is 3.13. The van der Waals surface area contributed by atoms with Crippen molar-refractivity contribution in [1.29, 1.82) is 0 Å². The van der Waals surface area contributed by atoms with E-state index in [1.54, 1.807) is 11.3 Å². The molecule has 1 atom stereocenters. The molecule has 0 aliphatic rings. The number of rotatable bonds is 6. The van der Waals surface area contributed by atoms with Crippen molar-refractivity contribution >= 4 is 11.3 Å². The fourth-order valence-electron chi connectivity index (χ4n) is 2.00. The zero-order valence-electron chi connectivity index (χ0n) is 10.9. The quantitative estimate of drug-likeness (QED) is 0.868. The van der Waals surface area contributed by atoms with Crippen molar-refractivity contribution in [3.63, 3.8) is 0 Å². The van der Waals surface area contributed by atoms with Gasteiger partial charge in [-0.3, -0.25) is 4.98 Å². The smallest absolute Gasteiger partial charge is 0.0943 e. The molecule has 96 valence electrons. The van der Waals surface area contributed by atoms with E-state index in [9.17, 15) is 0 Å². The number of thiazole rings is 1. The molecule has 0 fully saturated rings. The van der Waals surface area contributed by atoms with Crippen molar-refractivity contribution in [3.8, 4) is 0 Å². The SMILES string of the molecule is CCCNC(Cc1nccs1)c1cccnc1C. The minimum absolute atomic E-state index is 0.310. The molecule has 2 heterocycles. The molecule has 0 saturated carbocycles. The average Bonchev–Trinajstić information content (AvgIpc) is 2.88. The molecule has 2 aromatic heterocycles. The van der Waals surface area contributed by atoms with Gasteiger partial charge in [-0.1, -0.05) is 13.0 Å². The zero-order chi connectivity index (χ0) is 12.8. The van der Waals surface area contributed by atoms with Gasteiger partial charge in [-0.15, -0.1) is 11.3 Å². The third-order valence-corrected chi connectivity index (χ3v) is 3.73. The molecule has 0 spiro atoms. The van der Waals surface area contributed by atoms with E-state index in [2.05, 4.69) is 35.2 Å². The largest absolute Gasteiger partial charge is 0.310 e. The molecule has 1 unspecified atom stereocenters. The lowest BCUT2D eigenvalue weighted by Crippen LogP contribution is -2.25. The number of pyridine rings is 1. The Bertz CT molecular complexity index is 468. The van der Waals surface area contributed by atoms with Crippen molar-refractivity contribution in [2.24, 2.45) is 0 Å². The van der Waals surface area contributed by atoms with Crippen LogP contribution in [0.15, 0.2) is 29.9 Å². The van der Waals surface area contributed by atoms with Crippen LogP contribution in [0.25, 0.3) is 0 Å². The maximum atomic E-state index is 4.38. The van der Waals surface area contributed by atoms with Crippen molar-refractivity contribution in [3.05, 3.63) is 46.2 Å². The number of hydrogen-bond donors (Lipinski definition) is 1. The first-order valence-electron chi connectivity index (χ1n) is 6.34. The zero-order valence-corrected chi connectivity index (χ0v) is 11.7. The maximum Gasteiger partial charge on any atom is 0.0943 e. The summed E-state index contributed by atoms with van der Waals surface area (Å²) in [5.41, 5.74) is 2.38. The Morgan fingerprint density at radius 2 is 2.22 bits per heavy atom. The highest BCUT2D eigenvalue weighted by Gasteiger charge is 2.15. The number of hydrogen-bond acceptors (Lipinski definition) is 4. The summed E-state index contributed by atoms with van der Waals surface area (Å²) >= 11 is 1.71. The second-order valence-electron chi connectivity index (χ2n) is 4.31. The minimum Gasteiger partial charge on any atom is -0.310 e. The van der Waals surface area contributed by atoms with Gasteiger partial charge >= 0.3 is 0 Å². The van der Waals surface area contributed by atoms with Gasteiger partial charge in [0.15, 0.2) is 0 Å². The van der Waals surface area contributed by atoms with Crippen LogP contribution in [0.5, 0.6) is 0 Å². The molecule has 2 rings (SSSR count). The van der Waals surface area contributed by atoms with Gasteiger partial charge in [0.2, 0.25) is 0 Å². The molecule has 3 nitrogen and oxygen atoms in total. The van der Waals surface area contributed by atoms with Gasteiger partial charge in [0.05, 0.1) is 5.01 Å². The van der Waals surface area contributed by atoms with Gasteiger partial charge in [-0.25, -0.2) is 4.98 Å². The Labute approximate surface area is 112 Å². The highest BCUT2D eigenvalue weighted by Crippen LogP contribution is 2.21. The fraction of sp³-hybridized carbons (Fsp3) is 0.429. The van der Waals surface area contributed by atoms with Crippen molar-refractivity contribution in [1.82, 2.24) is 15.3 Å². The van der Waals surface area contributed by atoms with Gasteiger partial charge in [0.25, 0.3) is 0 Å². The molecule has 4 heteroatoms. The average molecular weight is 261 g/mol.